The summed E-state index contributed by atoms with van der Waals surface area (Å²) in [5.41, 5.74) is 5.77. The highest BCUT2D eigenvalue weighted by Gasteiger charge is 2.24. The van der Waals surface area contributed by atoms with E-state index in [0.717, 1.165) is 42.3 Å². The number of likely N-dealkylation sites (N-methyl/N-ethyl adjacent to an activating group) is 1. The fourth-order valence-corrected chi connectivity index (χ4v) is 3.45. The molecule has 0 aromatic heterocycles. The van der Waals surface area contributed by atoms with E-state index in [4.69, 9.17) is 0 Å². The molecule has 0 saturated carbocycles. The Morgan fingerprint density at radius 2 is 1.75 bits per heavy atom. The van der Waals surface area contributed by atoms with Crippen LogP contribution in [0.2, 0.25) is 0 Å². The Morgan fingerprint density at radius 1 is 1.00 bits per heavy atom. The van der Waals surface area contributed by atoms with Gasteiger partial charge < -0.3 is 15.1 Å². The highest BCUT2D eigenvalue weighted by molar-refractivity contribution is 9.11. The zero-order chi connectivity index (χ0) is 16.5. The molecule has 3 aliphatic heterocycles. The predicted molar refractivity (Wildman–Crippen MR) is 101 cm³/mol. The molecule has 1 aromatic carbocycles. The number of nitrogens with zero attached hydrogens (tertiary/aromatic N) is 4. The van der Waals surface area contributed by atoms with Gasteiger partial charge in [-0.1, -0.05) is 0 Å². The molecule has 4 rings (SSSR count). The zero-order valence-electron chi connectivity index (χ0n) is 13.6. The fraction of sp³-hybridized carbons (Fsp3) is 0.294. The van der Waals surface area contributed by atoms with Crippen molar-refractivity contribution in [1.29, 1.82) is 0 Å². The van der Waals surface area contributed by atoms with Gasteiger partial charge >= 0.3 is 0 Å². The number of fused-ring (bicyclic) bond motifs is 1. The number of benzene rings is 1. The molecular formula is C17H21BrN6. The Morgan fingerprint density at radius 3 is 2.50 bits per heavy atom. The minimum atomic E-state index is 0.978. The van der Waals surface area contributed by atoms with Crippen molar-refractivity contribution < 1.29 is 0 Å². The van der Waals surface area contributed by atoms with E-state index in [1.807, 2.05) is 29.8 Å². The lowest BCUT2D eigenvalue weighted by Crippen LogP contribution is -2.44. The van der Waals surface area contributed by atoms with Crippen LogP contribution < -0.4 is 15.6 Å². The average molecular weight is 389 g/mol. The van der Waals surface area contributed by atoms with Crippen LogP contribution in [0, 0.1) is 0 Å². The molecule has 1 saturated heterocycles. The van der Waals surface area contributed by atoms with Crippen LogP contribution >= 0.6 is 15.9 Å². The van der Waals surface area contributed by atoms with Gasteiger partial charge in [0.1, 0.15) is 4.61 Å². The van der Waals surface area contributed by atoms with Gasteiger partial charge in [0.2, 0.25) is 0 Å². The molecule has 0 atom stereocenters. The van der Waals surface area contributed by atoms with E-state index >= 15 is 0 Å². The maximum atomic E-state index is 3.54. The fourth-order valence-electron chi connectivity index (χ4n) is 3.02. The summed E-state index contributed by atoms with van der Waals surface area (Å²) in [6, 6.07) is 8.64. The van der Waals surface area contributed by atoms with E-state index in [1.54, 1.807) is 0 Å². The number of hydrogen-bond donors (Lipinski definition) is 2. The number of halogens is 1. The summed E-state index contributed by atoms with van der Waals surface area (Å²) in [7, 11) is 2.18. The van der Waals surface area contributed by atoms with Crippen LogP contribution in [0.3, 0.4) is 0 Å². The van der Waals surface area contributed by atoms with E-state index < -0.39 is 0 Å². The van der Waals surface area contributed by atoms with Crippen LogP contribution in [0.25, 0.3) is 0 Å². The van der Waals surface area contributed by atoms with Crippen molar-refractivity contribution >= 4 is 27.3 Å². The first-order valence-corrected chi connectivity index (χ1v) is 8.89. The van der Waals surface area contributed by atoms with Crippen molar-refractivity contribution in [2.24, 2.45) is 0 Å². The first-order valence-electron chi connectivity index (χ1n) is 8.09. The first kappa shape index (κ1) is 15.4. The number of piperazine rings is 1. The second-order valence-corrected chi connectivity index (χ2v) is 6.94. The molecular weight excluding hydrogens is 368 g/mol. The zero-order valence-corrected chi connectivity index (χ0v) is 15.2. The predicted octanol–water partition coefficient (Wildman–Crippen LogP) is 2.45. The van der Waals surface area contributed by atoms with Gasteiger partial charge in [0.25, 0.3) is 0 Å². The smallest absolute Gasteiger partial charge is 0.153 e. The Balaban J connectivity index is 1.41. The van der Waals surface area contributed by atoms with Gasteiger partial charge in [-0.05, 0) is 47.2 Å². The summed E-state index contributed by atoms with van der Waals surface area (Å²) in [6.45, 7) is 4.42. The van der Waals surface area contributed by atoms with Gasteiger partial charge in [0.05, 0.1) is 5.69 Å². The second-order valence-electron chi connectivity index (χ2n) is 6.12. The maximum absolute atomic E-state index is 3.54. The van der Waals surface area contributed by atoms with Crippen molar-refractivity contribution in [3.05, 3.63) is 59.5 Å². The number of rotatable bonds is 3. The van der Waals surface area contributed by atoms with Crippen LogP contribution in [0.5, 0.6) is 0 Å². The maximum Gasteiger partial charge on any atom is 0.153 e. The molecule has 0 aliphatic carbocycles. The summed E-state index contributed by atoms with van der Waals surface area (Å²) in [6.07, 6.45) is 7.87. The molecule has 0 bridgehead atoms. The van der Waals surface area contributed by atoms with Crippen molar-refractivity contribution in [2.45, 2.75) is 0 Å². The Hall–Kier alpha value is -2.12. The van der Waals surface area contributed by atoms with Gasteiger partial charge in [-0.15, -0.1) is 0 Å². The summed E-state index contributed by atoms with van der Waals surface area (Å²) in [5, 5.41) is 5.12. The molecule has 3 aliphatic rings. The van der Waals surface area contributed by atoms with Crippen LogP contribution in [0.1, 0.15) is 0 Å². The monoisotopic (exact) mass is 388 g/mol. The van der Waals surface area contributed by atoms with Gasteiger partial charge in [-0.2, -0.15) is 0 Å². The molecule has 7 heteroatoms. The summed E-state index contributed by atoms with van der Waals surface area (Å²) in [4.78, 5) is 6.87. The van der Waals surface area contributed by atoms with E-state index in [0.29, 0.717) is 0 Å². The van der Waals surface area contributed by atoms with Crippen LogP contribution in [0.4, 0.5) is 11.4 Å². The Labute approximate surface area is 150 Å². The second kappa shape index (κ2) is 6.41. The molecule has 0 radical (unpaired) electrons. The minimum Gasteiger partial charge on any atom is -0.369 e. The van der Waals surface area contributed by atoms with Crippen molar-refractivity contribution in [3.8, 4) is 0 Å². The molecule has 1 aromatic rings. The molecule has 1 fully saturated rings. The molecule has 0 spiro atoms. The summed E-state index contributed by atoms with van der Waals surface area (Å²) < 4.78 is 0.978. The SMILES string of the molecule is CN1CCN(c2ccc(NN3C=CN4C(Br)=CNC=C34)cc2)CC1. The standard InChI is InChI=1S/C17H21BrN6/c1-21-6-8-22(9-7-21)15-4-2-14(3-5-15)20-24-11-10-23-16(18)12-19-13-17(23)24/h2-5,10-13,19-20H,6-9H2,1H3. The van der Waals surface area contributed by atoms with Crippen LogP contribution in [0.15, 0.2) is 59.5 Å². The molecule has 0 amide bonds. The van der Waals surface area contributed by atoms with Gasteiger partial charge in [0, 0.05) is 56.7 Å². The number of anilines is 2. The highest BCUT2D eigenvalue weighted by Crippen LogP contribution is 2.29. The highest BCUT2D eigenvalue weighted by atomic mass is 79.9. The molecule has 0 unspecified atom stereocenters. The molecule has 126 valence electrons. The molecule has 2 N–H and O–H groups in total. The quantitative estimate of drug-likeness (QED) is 0.774. The third kappa shape index (κ3) is 2.97. The Bertz CT molecular complexity index is 688. The normalized spacial score (nSPS) is 20.5. The number of hydrogen-bond acceptors (Lipinski definition) is 6. The number of nitrogens with one attached hydrogen (secondary N) is 2. The number of hydrazine groups is 1. The van der Waals surface area contributed by atoms with Gasteiger partial charge in [-0.25, -0.2) is 5.01 Å². The third-order valence-corrected chi connectivity index (χ3v) is 5.10. The lowest BCUT2D eigenvalue weighted by molar-refractivity contribution is 0.313. The third-order valence-electron chi connectivity index (χ3n) is 4.49. The average Bonchev–Trinajstić information content (AvgIpc) is 3.01. The largest absolute Gasteiger partial charge is 0.369 e. The van der Waals surface area contributed by atoms with Crippen LogP contribution in [-0.4, -0.2) is 48.0 Å². The van der Waals surface area contributed by atoms with Gasteiger partial charge in [-0.3, -0.25) is 10.3 Å². The van der Waals surface area contributed by atoms with E-state index in [1.165, 1.54) is 5.69 Å². The topological polar surface area (TPSA) is 37.0 Å². The summed E-state index contributed by atoms with van der Waals surface area (Å²) >= 11 is 3.54. The Kier molecular flexibility index (Phi) is 4.12. The first-order chi connectivity index (χ1) is 11.7. The summed E-state index contributed by atoms with van der Waals surface area (Å²) in [5.74, 6) is 1.02. The van der Waals surface area contributed by atoms with Crippen molar-refractivity contribution in [3.63, 3.8) is 0 Å². The van der Waals surface area contributed by atoms with Crippen molar-refractivity contribution in [1.82, 2.24) is 20.1 Å². The lowest BCUT2D eigenvalue weighted by Gasteiger charge is -2.34. The van der Waals surface area contributed by atoms with Crippen molar-refractivity contribution in [2.75, 3.05) is 43.6 Å². The van der Waals surface area contributed by atoms with E-state index in [2.05, 4.69) is 72.7 Å². The molecule has 3 heterocycles. The minimum absolute atomic E-state index is 0.978. The van der Waals surface area contributed by atoms with Gasteiger partial charge in [0.15, 0.2) is 5.82 Å². The van der Waals surface area contributed by atoms with E-state index in [-0.39, 0.29) is 0 Å². The lowest BCUT2D eigenvalue weighted by atomic mass is 10.2. The molecule has 6 nitrogen and oxygen atoms in total. The van der Waals surface area contributed by atoms with E-state index in [9.17, 15) is 0 Å². The molecule has 24 heavy (non-hydrogen) atoms. The van der Waals surface area contributed by atoms with Crippen LogP contribution in [-0.2, 0) is 0 Å².